The van der Waals surface area contributed by atoms with Crippen molar-refractivity contribution in [3.63, 3.8) is 0 Å². The number of anilines is 1. The molecule has 1 saturated heterocycles. The van der Waals surface area contributed by atoms with Crippen molar-refractivity contribution in [3.05, 3.63) is 45.8 Å². The van der Waals surface area contributed by atoms with E-state index < -0.39 is 14.9 Å². The van der Waals surface area contributed by atoms with Gasteiger partial charge in [-0.15, -0.1) is 11.3 Å². The van der Waals surface area contributed by atoms with Crippen LogP contribution >= 0.6 is 22.7 Å². The van der Waals surface area contributed by atoms with E-state index in [4.69, 9.17) is 0 Å². The van der Waals surface area contributed by atoms with Gasteiger partial charge in [0.1, 0.15) is 4.21 Å². The van der Waals surface area contributed by atoms with E-state index in [9.17, 15) is 23.3 Å². The van der Waals surface area contributed by atoms with Gasteiger partial charge in [-0.25, -0.2) is 13.4 Å². The minimum absolute atomic E-state index is 0.0162. The molecule has 35 heavy (non-hydrogen) atoms. The van der Waals surface area contributed by atoms with Gasteiger partial charge in [-0.2, -0.15) is 4.31 Å². The summed E-state index contributed by atoms with van der Waals surface area (Å²) in [4.78, 5) is 32.6. The van der Waals surface area contributed by atoms with Gasteiger partial charge in [0.05, 0.1) is 15.1 Å². The van der Waals surface area contributed by atoms with Crippen molar-refractivity contribution in [1.29, 1.82) is 0 Å². The fourth-order valence-corrected chi connectivity index (χ4v) is 7.72. The van der Waals surface area contributed by atoms with E-state index in [1.54, 1.807) is 28.5 Å². The van der Waals surface area contributed by atoms with Crippen LogP contribution in [-0.4, -0.2) is 73.7 Å². The highest BCUT2D eigenvalue weighted by Gasteiger charge is 2.35. The second-order valence-electron chi connectivity index (χ2n) is 8.66. The molecule has 10 nitrogen and oxygen atoms in total. The maximum atomic E-state index is 13.6. The van der Waals surface area contributed by atoms with Crippen LogP contribution in [0.2, 0.25) is 0 Å². The summed E-state index contributed by atoms with van der Waals surface area (Å²) in [5, 5.41) is 13.4. The predicted octanol–water partition coefficient (Wildman–Crippen LogP) is 3.65. The molecule has 0 bridgehead atoms. The molecule has 13 heteroatoms. The van der Waals surface area contributed by atoms with Crippen molar-refractivity contribution >= 4 is 59.6 Å². The zero-order chi connectivity index (χ0) is 25.2. The number of nitrogens with zero attached hydrogens (tertiary/aromatic N) is 5. The highest BCUT2D eigenvalue weighted by molar-refractivity contribution is 7.91. The van der Waals surface area contributed by atoms with Gasteiger partial charge in [0.25, 0.3) is 15.7 Å². The highest BCUT2D eigenvalue weighted by atomic mass is 32.2. The Hall–Kier alpha value is -2.45. The number of nitro groups is 1. The molecular formula is C22H27N5O5S3. The lowest BCUT2D eigenvalue weighted by Crippen LogP contribution is -2.45. The quantitative estimate of drug-likeness (QED) is 0.302. The van der Waals surface area contributed by atoms with Crippen LogP contribution in [0, 0.1) is 16.0 Å². The molecule has 1 aliphatic rings. The van der Waals surface area contributed by atoms with Crippen LogP contribution in [0.15, 0.2) is 39.9 Å². The molecule has 188 valence electrons. The van der Waals surface area contributed by atoms with Gasteiger partial charge in [0.15, 0.2) is 5.13 Å². The van der Waals surface area contributed by atoms with Crippen LogP contribution in [0.4, 0.5) is 10.8 Å². The molecule has 0 spiro atoms. The standard InChI is InChI=1S/C22H27N5O5S3/c1-24(2)10-4-11-26(22-23-18-7-6-17(27(29)30)15-19(18)34-22)21(28)16-8-12-25(13-9-16)35(31,32)20-5-3-14-33-20/h3,5-7,14-16H,4,8-13H2,1-2H3. The maximum absolute atomic E-state index is 13.6. The van der Waals surface area contributed by atoms with Crippen LogP contribution < -0.4 is 4.90 Å². The third-order valence-corrected chi connectivity index (χ3v) is 10.3. The van der Waals surface area contributed by atoms with Gasteiger partial charge in [-0.1, -0.05) is 17.4 Å². The molecule has 0 saturated carbocycles. The second kappa shape index (κ2) is 10.7. The average molecular weight is 538 g/mol. The Balaban J connectivity index is 1.52. The van der Waals surface area contributed by atoms with E-state index in [0.717, 1.165) is 13.0 Å². The lowest BCUT2D eigenvalue weighted by Gasteiger charge is -2.32. The van der Waals surface area contributed by atoms with Crippen molar-refractivity contribution < 1.29 is 18.1 Å². The van der Waals surface area contributed by atoms with Gasteiger partial charge in [0, 0.05) is 37.7 Å². The number of piperidine rings is 1. The molecule has 3 heterocycles. The molecule has 0 atom stereocenters. The number of amides is 1. The monoisotopic (exact) mass is 537 g/mol. The summed E-state index contributed by atoms with van der Waals surface area (Å²) in [6.45, 7) is 1.83. The summed E-state index contributed by atoms with van der Waals surface area (Å²) < 4.78 is 28.1. The average Bonchev–Trinajstić information content (AvgIpc) is 3.51. The van der Waals surface area contributed by atoms with Crippen molar-refractivity contribution in [1.82, 2.24) is 14.2 Å². The number of fused-ring (bicyclic) bond motifs is 1. The van der Waals surface area contributed by atoms with Crippen molar-refractivity contribution in [3.8, 4) is 0 Å². The van der Waals surface area contributed by atoms with Crippen molar-refractivity contribution in [2.24, 2.45) is 5.92 Å². The molecule has 0 aliphatic carbocycles. The maximum Gasteiger partial charge on any atom is 0.270 e. The number of hydrogen-bond acceptors (Lipinski definition) is 9. The summed E-state index contributed by atoms with van der Waals surface area (Å²) in [7, 11) is 0.394. The second-order valence-corrected chi connectivity index (χ2v) is 12.8. The Morgan fingerprint density at radius 1 is 1.23 bits per heavy atom. The Morgan fingerprint density at radius 2 is 1.97 bits per heavy atom. The van der Waals surface area contributed by atoms with Gasteiger partial charge in [0.2, 0.25) is 5.91 Å². The Kier molecular flexibility index (Phi) is 7.81. The van der Waals surface area contributed by atoms with E-state index in [2.05, 4.69) is 4.98 Å². The first-order valence-corrected chi connectivity index (χ1v) is 14.3. The molecule has 3 aromatic rings. The number of thiazole rings is 1. The topological polar surface area (TPSA) is 117 Å². The summed E-state index contributed by atoms with van der Waals surface area (Å²) in [5.41, 5.74) is 0.593. The van der Waals surface area contributed by atoms with Crippen LogP contribution in [0.25, 0.3) is 10.2 Å². The van der Waals surface area contributed by atoms with Gasteiger partial charge in [-0.3, -0.25) is 19.8 Å². The smallest absolute Gasteiger partial charge is 0.270 e. The van der Waals surface area contributed by atoms with E-state index in [-0.39, 0.29) is 30.6 Å². The molecule has 1 aromatic carbocycles. The summed E-state index contributed by atoms with van der Waals surface area (Å²) >= 11 is 2.45. The third-order valence-electron chi connectivity index (χ3n) is 5.95. The Labute approximate surface area is 212 Å². The number of hydrogen-bond donors (Lipinski definition) is 0. The van der Waals surface area contributed by atoms with Crippen molar-refractivity contribution in [2.45, 2.75) is 23.5 Å². The summed E-state index contributed by atoms with van der Waals surface area (Å²) in [6.07, 6.45) is 1.61. The molecule has 4 rings (SSSR count). The van der Waals surface area contributed by atoms with Gasteiger partial charge >= 0.3 is 0 Å². The summed E-state index contributed by atoms with van der Waals surface area (Å²) in [5.74, 6) is -0.393. The number of carbonyl (C=O) groups excluding carboxylic acids is 1. The number of rotatable bonds is 9. The fraction of sp³-hybridized carbons (Fsp3) is 0.455. The number of carbonyl (C=O) groups is 1. The predicted molar refractivity (Wildman–Crippen MR) is 138 cm³/mol. The number of benzene rings is 1. The first-order valence-electron chi connectivity index (χ1n) is 11.2. The first kappa shape index (κ1) is 25.6. The SMILES string of the molecule is CN(C)CCCN(C(=O)C1CCN(S(=O)(=O)c2cccs2)CC1)c1nc2ccc([N+](=O)[O-])cc2s1. The third kappa shape index (κ3) is 5.70. The van der Waals surface area contributed by atoms with Gasteiger partial charge in [-0.05, 0) is 57.4 Å². The Morgan fingerprint density at radius 3 is 2.60 bits per heavy atom. The zero-order valence-corrected chi connectivity index (χ0v) is 21.9. The highest BCUT2D eigenvalue weighted by Crippen LogP contribution is 2.34. The molecule has 1 aliphatic heterocycles. The van der Waals surface area contributed by atoms with Crippen LogP contribution in [-0.2, 0) is 14.8 Å². The number of aromatic nitrogens is 1. The molecule has 0 radical (unpaired) electrons. The van der Waals surface area contributed by atoms with Gasteiger partial charge < -0.3 is 4.90 Å². The lowest BCUT2D eigenvalue weighted by atomic mass is 9.96. The van der Waals surface area contributed by atoms with E-state index in [1.807, 2.05) is 19.0 Å². The first-order chi connectivity index (χ1) is 16.7. The molecule has 1 fully saturated rings. The number of sulfonamides is 1. The number of nitro benzene ring substituents is 1. The minimum Gasteiger partial charge on any atom is -0.309 e. The molecule has 1 amide bonds. The molecule has 2 aromatic heterocycles. The zero-order valence-electron chi connectivity index (χ0n) is 19.5. The normalized spacial score (nSPS) is 15.6. The summed E-state index contributed by atoms with van der Waals surface area (Å²) in [6, 6.07) is 7.80. The fourth-order valence-electron chi connectivity index (χ4n) is 4.08. The van der Waals surface area contributed by atoms with E-state index in [0.29, 0.717) is 38.9 Å². The molecule has 0 N–H and O–H groups in total. The number of thiophene rings is 1. The van der Waals surface area contributed by atoms with Crippen LogP contribution in [0.1, 0.15) is 19.3 Å². The molecular weight excluding hydrogens is 510 g/mol. The van der Waals surface area contributed by atoms with Crippen LogP contribution in [0.5, 0.6) is 0 Å². The van der Waals surface area contributed by atoms with Crippen molar-refractivity contribution in [2.75, 3.05) is 45.2 Å². The Bertz CT molecular complexity index is 1300. The lowest BCUT2D eigenvalue weighted by molar-refractivity contribution is -0.384. The van der Waals surface area contributed by atoms with Crippen LogP contribution in [0.3, 0.4) is 0 Å². The largest absolute Gasteiger partial charge is 0.309 e. The minimum atomic E-state index is -3.54. The van der Waals surface area contributed by atoms with E-state index in [1.165, 1.54) is 39.1 Å². The number of non-ortho nitro benzene ring substituents is 1. The van der Waals surface area contributed by atoms with E-state index >= 15 is 0 Å². The molecule has 0 unspecified atom stereocenters.